The van der Waals surface area contributed by atoms with Crippen LogP contribution in [-0.4, -0.2) is 36.8 Å². The standard InChI is InChI=1S/C25H29NO5/c1-4-30-23(28)25-15-19-12-8-9-13-21(19)24(25,2)26(20(16-25)14-22(27)29-3)31-17-18-10-6-5-7-11-18/h5-13,20H,4,14-17H2,1-3H3/t20?,24-,25-/m0/s1. The van der Waals surface area contributed by atoms with Gasteiger partial charge >= 0.3 is 11.9 Å². The number of hydrogen-bond donors (Lipinski definition) is 0. The number of nitrogens with zero attached hydrogens (tertiary/aromatic N) is 1. The Balaban J connectivity index is 1.77. The topological polar surface area (TPSA) is 65.1 Å². The van der Waals surface area contributed by atoms with E-state index in [1.807, 2.05) is 61.4 Å². The summed E-state index contributed by atoms with van der Waals surface area (Å²) in [7, 11) is 1.38. The van der Waals surface area contributed by atoms with Gasteiger partial charge in [-0.05, 0) is 43.4 Å². The average Bonchev–Trinajstić information content (AvgIpc) is 3.17. The van der Waals surface area contributed by atoms with E-state index in [0.717, 1.165) is 16.7 Å². The summed E-state index contributed by atoms with van der Waals surface area (Å²) in [6.07, 6.45) is 1.16. The summed E-state index contributed by atoms with van der Waals surface area (Å²) in [6.45, 7) is 4.51. The van der Waals surface area contributed by atoms with E-state index in [-0.39, 0.29) is 24.4 Å². The molecule has 2 aromatic carbocycles. The zero-order chi connectivity index (χ0) is 22.1. The zero-order valence-corrected chi connectivity index (χ0v) is 18.3. The first kappa shape index (κ1) is 21.5. The maximum Gasteiger partial charge on any atom is 0.314 e. The van der Waals surface area contributed by atoms with Crippen LogP contribution in [0.25, 0.3) is 0 Å². The lowest BCUT2D eigenvalue weighted by atomic mass is 9.71. The van der Waals surface area contributed by atoms with Crippen molar-refractivity contribution in [2.75, 3.05) is 13.7 Å². The average molecular weight is 424 g/mol. The predicted molar refractivity (Wildman–Crippen MR) is 115 cm³/mol. The highest BCUT2D eigenvalue weighted by Crippen LogP contribution is 2.62. The van der Waals surface area contributed by atoms with Gasteiger partial charge in [0.15, 0.2) is 0 Å². The molecule has 0 saturated carbocycles. The normalized spacial score (nSPS) is 26.9. The molecule has 2 aliphatic rings. The van der Waals surface area contributed by atoms with E-state index in [4.69, 9.17) is 14.3 Å². The van der Waals surface area contributed by atoms with Crippen LogP contribution in [0.1, 0.15) is 43.4 Å². The van der Waals surface area contributed by atoms with Crippen molar-refractivity contribution in [1.29, 1.82) is 0 Å². The second kappa shape index (κ2) is 8.44. The Morgan fingerprint density at radius 1 is 1.10 bits per heavy atom. The van der Waals surface area contributed by atoms with Crippen LogP contribution in [0.3, 0.4) is 0 Å². The summed E-state index contributed by atoms with van der Waals surface area (Å²) >= 11 is 0. The van der Waals surface area contributed by atoms with Gasteiger partial charge < -0.3 is 9.47 Å². The number of esters is 2. The van der Waals surface area contributed by atoms with Gasteiger partial charge in [-0.2, -0.15) is 5.06 Å². The molecule has 0 aromatic heterocycles. The minimum Gasteiger partial charge on any atom is -0.469 e. The van der Waals surface area contributed by atoms with Crippen LogP contribution in [0.2, 0.25) is 0 Å². The quantitative estimate of drug-likeness (QED) is 0.632. The van der Waals surface area contributed by atoms with Crippen molar-refractivity contribution in [3.8, 4) is 0 Å². The number of methoxy groups -OCH3 is 1. The molecule has 1 aliphatic carbocycles. The Morgan fingerprint density at radius 2 is 1.81 bits per heavy atom. The van der Waals surface area contributed by atoms with Crippen LogP contribution in [0.4, 0.5) is 0 Å². The molecule has 0 spiro atoms. The lowest BCUT2D eigenvalue weighted by Gasteiger charge is -2.41. The lowest BCUT2D eigenvalue weighted by molar-refractivity contribution is -0.247. The number of hydroxylamine groups is 2. The highest BCUT2D eigenvalue weighted by atomic mass is 16.7. The van der Waals surface area contributed by atoms with Crippen molar-refractivity contribution in [3.63, 3.8) is 0 Å². The van der Waals surface area contributed by atoms with E-state index in [9.17, 15) is 9.59 Å². The molecule has 31 heavy (non-hydrogen) atoms. The Hall–Kier alpha value is -2.70. The van der Waals surface area contributed by atoms with Crippen LogP contribution >= 0.6 is 0 Å². The molecule has 3 atom stereocenters. The number of hydrogen-bond acceptors (Lipinski definition) is 6. The molecule has 0 amide bonds. The van der Waals surface area contributed by atoms with Crippen molar-refractivity contribution in [2.45, 2.75) is 51.3 Å². The summed E-state index contributed by atoms with van der Waals surface area (Å²) < 4.78 is 10.5. The molecule has 1 aliphatic heterocycles. The van der Waals surface area contributed by atoms with Crippen LogP contribution in [-0.2, 0) is 42.5 Å². The van der Waals surface area contributed by atoms with Gasteiger partial charge in [-0.15, -0.1) is 0 Å². The monoisotopic (exact) mass is 423 g/mol. The van der Waals surface area contributed by atoms with Gasteiger partial charge in [-0.1, -0.05) is 54.6 Å². The minimum atomic E-state index is -0.831. The third-order valence-electron chi connectivity index (χ3n) is 6.83. The first-order valence-electron chi connectivity index (χ1n) is 10.7. The minimum absolute atomic E-state index is 0.143. The third-order valence-corrected chi connectivity index (χ3v) is 6.83. The maximum atomic E-state index is 13.4. The smallest absolute Gasteiger partial charge is 0.314 e. The van der Waals surface area contributed by atoms with Crippen molar-refractivity contribution in [3.05, 3.63) is 71.3 Å². The second-order valence-corrected chi connectivity index (χ2v) is 8.43. The Kier molecular flexibility index (Phi) is 5.86. The van der Waals surface area contributed by atoms with Gasteiger partial charge in [0.1, 0.15) is 0 Å². The molecule has 0 bridgehead atoms. The summed E-state index contributed by atoms with van der Waals surface area (Å²) in [5, 5.41) is 1.87. The van der Waals surface area contributed by atoms with Gasteiger partial charge in [0, 0.05) is 6.04 Å². The summed E-state index contributed by atoms with van der Waals surface area (Å²) in [6, 6.07) is 17.6. The molecular formula is C25H29NO5. The van der Waals surface area contributed by atoms with Crippen LogP contribution in [0, 0.1) is 5.41 Å². The molecular weight excluding hydrogens is 394 g/mol. The third kappa shape index (κ3) is 3.44. The van der Waals surface area contributed by atoms with Gasteiger partial charge in [0.25, 0.3) is 0 Å². The van der Waals surface area contributed by atoms with E-state index >= 15 is 0 Å². The molecule has 164 valence electrons. The fourth-order valence-electron chi connectivity index (χ4n) is 5.36. The van der Waals surface area contributed by atoms with E-state index in [1.165, 1.54) is 7.11 Å². The summed E-state index contributed by atoms with van der Waals surface area (Å²) in [4.78, 5) is 32.1. The molecule has 1 heterocycles. The van der Waals surface area contributed by atoms with Crippen LogP contribution in [0.5, 0.6) is 0 Å². The predicted octanol–water partition coefficient (Wildman–Crippen LogP) is 3.78. The highest BCUT2D eigenvalue weighted by molar-refractivity contribution is 5.82. The van der Waals surface area contributed by atoms with Crippen molar-refractivity contribution < 1.29 is 23.9 Å². The molecule has 4 rings (SSSR count). The van der Waals surface area contributed by atoms with Crippen molar-refractivity contribution in [1.82, 2.24) is 5.06 Å². The first-order chi connectivity index (χ1) is 15.0. The Bertz CT molecular complexity index is 961. The van der Waals surface area contributed by atoms with Crippen molar-refractivity contribution >= 4 is 11.9 Å². The van der Waals surface area contributed by atoms with E-state index in [1.54, 1.807) is 0 Å². The summed E-state index contributed by atoms with van der Waals surface area (Å²) in [5.41, 5.74) is 1.58. The molecule has 1 saturated heterocycles. The lowest BCUT2D eigenvalue weighted by Crippen LogP contribution is -2.51. The van der Waals surface area contributed by atoms with Crippen molar-refractivity contribution in [2.24, 2.45) is 5.41 Å². The Labute approximate surface area is 183 Å². The number of carbonyl (C=O) groups is 2. The molecule has 6 heteroatoms. The molecule has 1 unspecified atom stereocenters. The zero-order valence-electron chi connectivity index (χ0n) is 18.3. The first-order valence-corrected chi connectivity index (χ1v) is 10.7. The maximum absolute atomic E-state index is 13.4. The number of rotatable bonds is 7. The molecule has 2 aromatic rings. The van der Waals surface area contributed by atoms with E-state index in [2.05, 4.69) is 12.1 Å². The van der Waals surface area contributed by atoms with E-state index in [0.29, 0.717) is 26.1 Å². The molecule has 0 N–H and O–H groups in total. The number of fused-ring (bicyclic) bond motifs is 3. The van der Waals surface area contributed by atoms with Gasteiger partial charge in [-0.3, -0.25) is 14.4 Å². The largest absolute Gasteiger partial charge is 0.469 e. The SMILES string of the molecule is CCOC(=O)[C@@]12Cc3ccccc3[C@]1(C)N(OCc1ccccc1)C(CC(=O)OC)C2. The van der Waals surface area contributed by atoms with Gasteiger partial charge in [-0.25, -0.2) is 0 Å². The molecule has 1 fully saturated rings. The van der Waals surface area contributed by atoms with Crippen LogP contribution < -0.4 is 0 Å². The van der Waals surface area contributed by atoms with E-state index < -0.39 is 11.0 Å². The Morgan fingerprint density at radius 3 is 2.52 bits per heavy atom. The molecule has 6 nitrogen and oxygen atoms in total. The van der Waals surface area contributed by atoms with Crippen LogP contribution in [0.15, 0.2) is 54.6 Å². The summed E-state index contributed by atoms with van der Waals surface area (Å²) in [5.74, 6) is -0.566. The van der Waals surface area contributed by atoms with Gasteiger partial charge in [0.05, 0.1) is 37.7 Å². The molecule has 0 radical (unpaired) electrons. The fourth-order valence-corrected chi connectivity index (χ4v) is 5.36. The van der Waals surface area contributed by atoms with Gasteiger partial charge in [0.2, 0.25) is 0 Å². The number of ether oxygens (including phenoxy) is 2. The second-order valence-electron chi connectivity index (χ2n) is 8.43. The number of benzene rings is 2. The fraction of sp³-hybridized carbons (Fsp3) is 0.440. The number of carbonyl (C=O) groups excluding carboxylic acids is 2. The highest BCUT2D eigenvalue weighted by Gasteiger charge is 2.70.